The van der Waals surface area contributed by atoms with Crippen molar-refractivity contribution in [2.75, 3.05) is 0 Å². The van der Waals surface area contributed by atoms with Crippen LogP contribution in [0.4, 0.5) is 0 Å². The quantitative estimate of drug-likeness (QED) is 0.444. The lowest BCUT2D eigenvalue weighted by atomic mass is 9.72. The highest BCUT2D eigenvalue weighted by Gasteiger charge is 2.26. The highest BCUT2D eigenvalue weighted by Crippen LogP contribution is 2.40. The van der Waals surface area contributed by atoms with Crippen LogP contribution in [0.3, 0.4) is 0 Å². The average Bonchev–Trinajstić information content (AvgIpc) is 2.45. The van der Waals surface area contributed by atoms with Crippen LogP contribution in [0, 0.1) is 5.41 Å². The van der Waals surface area contributed by atoms with Crippen molar-refractivity contribution in [1.29, 1.82) is 0 Å². The molecule has 0 aromatic heterocycles. The summed E-state index contributed by atoms with van der Waals surface area (Å²) < 4.78 is 0. The van der Waals surface area contributed by atoms with Crippen LogP contribution in [0.25, 0.3) is 0 Å². The van der Waals surface area contributed by atoms with E-state index in [-0.39, 0.29) is 5.41 Å². The van der Waals surface area contributed by atoms with Crippen molar-refractivity contribution in [3.8, 4) is 0 Å². The molecular formula is C20H29NO2. The highest BCUT2D eigenvalue weighted by atomic mass is 16.7. The van der Waals surface area contributed by atoms with Gasteiger partial charge < -0.3 is 4.84 Å². The van der Waals surface area contributed by atoms with Gasteiger partial charge in [-0.2, -0.15) is 5.90 Å². The van der Waals surface area contributed by atoms with Crippen molar-refractivity contribution < 1.29 is 9.63 Å². The molecule has 1 rings (SSSR count). The van der Waals surface area contributed by atoms with Gasteiger partial charge >= 0.3 is 5.97 Å². The van der Waals surface area contributed by atoms with Gasteiger partial charge in [-0.05, 0) is 56.6 Å². The lowest BCUT2D eigenvalue weighted by Gasteiger charge is -2.32. The van der Waals surface area contributed by atoms with E-state index in [0.29, 0.717) is 0 Å². The Bertz CT molecular complexity index is 587. The van der Waals surface area contributed by atoms with Gasteiger partial charge in [-0.1, -0.05) is 55.4 Å². The van der Waals surface area contributed by atoms with Crippen LogP contribution in [0.1, 0.15) is 53.9 Å². The Morgan fingerprint density at radius 2 is 1.91 bits per heavy atom. The lowest BCUT2D eigenvalue weighted by Crippen LogP contribution is -2.19. The molecule has 1 aliphatic carbocycles. The molecule has 1 aliphatic rings. The molecule has 0 saturated heterocycles. The van der Waals surface area contributed by atoms with E-state index in [1.807, 2.05) is 25.2 Å². The third kappa shape index (κ3) is 6.41. The summed E-state index contributed by atoms with van der Waals surface area (Å²) in [6.45, 7) is 10.8. The number of nitrogens with two attached hydrogens (primary N) is 1. The van der Waals surface area contributed by atoms with Gasteiger partial charge in [-0.15, -0.1) is 0 Å². The molecule has 3 nitrogen and oxygen atoms in total. The molecule has 0 heterocycles. The van der Waals surface area contributed by atoms with E-state index in [9.17, 15) is 4.79 Å². The minimum Gasteiger partial charge on any atom is -0.370 e. The van der Waals surface area contributed by atoms with Crippen molar-refractivity contribution in [1.82, 2.24) is 0 Å². The molecule has 0 saturated carbocycles. The molecule has 3 heteroatoms. The Morgan fingerprint density at radius 1 is 1.22 bits per heavy atom. The van der Waals surface area contributed by atoms with Crippen molar-refractivity contribution in [2.45, 2.75) is 53.9 Å². The zero-order valence-electron chi connectivity index (χ0n) is 15.0. The number of hydrogen-bond donors (Lipinski definition) is 1. The van der Waals surface area contributed by atoms with Crippen LogP contribution in [0.15, 0.2) is 58.7 Å². The van der Waals surface area contributed by atoms with Crippen LogP contribution in [0.5, 0.6) is 0 Å². The fourth-order valence-corrected chi connectivity index (χ4v) is 2.90. The zero-order chi connectivity index (χ0) is 17.5. The molecule has 0 aliphatic heterocycles. The molecule has 0 bridgehead atoms. The Kier molecular flexibility index (Phi) is 7.24. The van der Waals surface area contributed by atoms with Crippen molar-refractivity contribution in [3.63, 3.8) is 0 Å². The van der Waals surface area contributed by atoms with Gasteiger partial charge in [0.25, 0.3) is 0 Å². The summed E-state index contributed by atoms with van der Waals surface area (Å²) in [5.41, 5.74) is 5.18. The molecular weight excluding hydrogens is 286 g/mol. The Morgan fingerprint density at radius 3 is 2.52 bits per heavy atom. The first kappa shape index (κ1) is 19.2. The Labute approximate surface area is 140 Å². The second-order valence-corrected chi connectivity index (χ2v) is 6.86. The second kappa shape index (κ2) is 8.68. The molecule has 23 heavy (non-hydrogen) atoms. The van der Waals surface area contributed by atoms with E-state index in [2.05, 4.69) is 44.7 Å². The van der Waals surface area contributed by atoms with Gasteiger partial charge in [0.1, 0.15) is 0 Å². The van der Waals surface area contributed by atoms with E-state index < -0.39 is 5.97 Å². The number of carbonyl (C=O) groups excluding carboxylic acids is 1. The minimum absolute atomic E-state index is 0.261. The first-order valence-electron chi connectivity index (χ1n) is 8.08. The lowest BCUT2D eigenvalue weighted by molar-refractivity contribution is -0.138. The molecule has 2 N–H and O–H groups in total. The van der Waals surface area contributed by atoms with Gasteiger partial charge in [0.15, 0.2) is 0 Å². The predicted octanol–water partition coefficient (Wildman–Crippen LogP) is 4.93. The molecule has 0 aromatic carbocycles. The maximum absolute atomic E-state index is 11.0. The Hall–Kier alpha value is -1.87. The van der Waals surface area contributed by atoms with Crippen molar-refractivity contribution in [3.05, 3.63) is 58.7 Å². The van der Waals surface area contributed by atoms with Crippen LogP contribution in [0.2, 0.25) is 0 Å². The van der Waals surface area contributed by atoms with Gasteiger partial charge in [0.05, 0.1) is 0 Å². The predicted molar refractivity (Wildman–Crippen MR) is 96.4 cm³/mol. The van der Waals surface area contributed by atoms with Crippen LogP contribution < -0.4 is 5.90 Å². The van der Waals surface area contributed by atoms with Gasteiger partial charge in [-0.25, -0.2) is 4.79 Å². The first-order chi connectivity index (χ1) is 10.8. The molecule has 0 atom stereocenters. The van der Waals surface area contributed by atoms with Crippen LogP contribution in [-0.2, 0) is 9.63 Å². The summed E-state index contributed by atoms with van der Waals surface area (Å²) >= 11 is 0. The summed E-state index contributed by atoms with van der Waals surface area (Å²) in [6.07, 6.45) is 15.3. The number of carbonyl (C=O) groups is 1. The zero-order valence-corrected chi connectivity index (χ0v) is 15.0. The van der Waals surface area contributed by atoms with Gasteiger partial charge in [0, 0.05) is 6.08 Å². The van der Waals surface area contributed by atoms with E-state index in [0.717, 1.165) is 11.1 Å². The normalized spacial score (nSPS) is 19.7. The molecule has 0 unspecified atom stereocenters. The standard InChI is InChI=1S/C20H29NO2/c1-15(8-6-9-16(2)14-19(22)23-21)11-12-18-17(3)10-7-13-20(18,4)5/h6,8-9,11-12,14H,7,10,13,21H2,1-5H3/b9-6+,12-11+,15-8+,16-14+. The third-order valence-corrected chi connectivity index (χ3v) is 4.24. The largest absolute Gasteiger partial charge is 0.370 e. The fourth-order valence-electron chi connectivity index (χ4n) is 2.90. The van der Waals surface area contributed by atoms with Gasteiger partial charge in [0.2, 0.25) is 0 Å². The highest BCUT2D eigenvalue weighted by molar-refractivity contribution is 5.82. The maximum atomic E-state index is 11.0. The smallest absolute Gasteiger partial charge is 0.349 e. The number of allylic oxidation sites excluding steroid dienone is 9. The fraction of sp³-hybridized carbons (Fsp3) is 0.450. The molecule has 0 fully saturated rings. The topological polar surface area (TPSA) is 52.3 Å². The van der Waals surface area contributed by atoms with Crippen LogP contribution >= 0.6 is 0 Å². The minimum atomic E-state index is -0.547. The summed E-state index contributed by atoms with van der Waals surface area (Å²) in [4.78, 5) is 15.1. The van der Waals surface area contributed by atoms with E-state index in [1.165, 1.54) is 36.5 Å². The van der Waals surface area contributed by atoms with Crippen molar-refractivity contribution in [2.24, 2.45) is 11.3 Å². The SMILES string of the molecule is CC1=C(/C=C/C(C)=C/C=C/C(C)=C/C(=O)ON)C(C)(C)CCC1. The van der Waals surface area contributed by atoms with Crippen LogP contribution in [-0.4, -0.2) is 5.97 Å². The summed E-state index contributed by atoms with van der Waals surface area (Å²) in [5.74, 6) is 4.25. The summed E-state index contributed by atoms with van der Waals surface area (Å²) in [6, 6.07) is 0. The number of hydrogen-bond acceptors (Lipinski definition) is 3. The molecule has 0 radical (unpaired) electrons. The van der Waals surface area contributed by atoms with Gasteiger partial charge in [-0.3, -0.25) is 0 Å². The van der Waals surface area contributed by atoms with E-state index in [4.69, 9.17) is 5.90 Å². The second-order valence-electron chi connectivity index (χ2n) is 6.86. The number of rotatable bonds is 5. The van der Waals surface area contributed by atoms with E-state index in [1.54, 1.807) is 0 Å². The summed E-state index contributed by atoms with van der Waals surface area (Å²) in [7, 11) is 0. The monoisotopic (exact) mass is 315 g/mol. The molecule has 0 spiro atoms. The average molecular weight is 315 g/mol. The Balaban J connectivity index is 2.77. The molecule has 0 aromatic rings. The molecule has 0 amide bonds. The molecule has 126 valence electrons. The first-order valence-corrected chi connectivity index (χ1v) is 8.08. The third-order valence-electron chi connectivity index (χ3n) is 4.24. The van der Waals surface area contributed by atoms with E-state index >= 15 is 0 Å². The van der Waals surface area contributed by atoms with Crippen molar-refractivity contribution >= 4 is 5.97 Å². The summed E-state index contributed by atoms with van der Waals surface area (Å²) in [5, 5.41) is 0. The maximum Gasteiger partial charge on any atom is 0.349 e.